The second-order valence-corrected chi connectivity index (χ2v) is 7.79. The van der Waals surface area contributed by atoms with Gasteiger partial charge in [-0.3, -0.25) is 0 Å². The first-order valence-electron chi connectivity index (χ1n) is 8.50. The van der Waals surface area contributed by atoms with Gasteiger partial charge in [0, 0.05) is 0 Å². The molecule has 0 amide bonds. The number of hydrogen-bond donors (Lipinski definition) is 1. The van der Waals surface area contributed by atoms with Gasteiger partial charge in [-0.25, -0.2) is 0 Å². The first-order chi connectivity index (χ1) is 9.82. The largest absolute Gasteiger partial charge is 0.388 e. The van der Waals surface area contributed by atoms with Crippen molar-refractivity contribution in [2.45, 2.75) is 72.8 Å². The zero-order valence-corrected chi connectivity index (χ0v) is 14.4. The molecule has 118 valence electrons. The van der Waals surface area contributed by atoms with Crippen molar-refractivity contribution in [2.24, 2.45) is 17.3 Å². The van der Waals surface area contributed by atoms with Crippen LogP contribution in [0.15, 0.2) is 34.9 Å². The van der Waals surface area contributed by atoms with Gasteiger partial charge < -0.3 is 5.11 Å². The van der Waals surface area contributed by atoms with Crippen molar-refractivity contribution >= 4 is 0 Å². The van der Waals surface area contributed by atoms with Crippen molar-refractivity contribution in [2.75, 3.05) is 0 Å². The van der Waals surface area contributed by atoms with Gasteiger partial charge in [0.2, 0.25) is 0 Å². The summed E-state index contributed by atoms with van der Waals surface area (Å²) in [6.45, 7) is 11.3. The minimum Gasteiger partial charge on any atom is -0.388 e. The van der Waals surface area contributed by atoms with Crippen LogP contribution in [-0.2, 0) is 0 Å². The summed E-state index contributed by atoms with van der Waals surface area (Å²) in [6.07, 6.45) is 12.2. The van der Waals surface area contributed by atoms with Crippen LogP contribution >= 0.6 is 0 Å². The van der Waals surface area contributed by atoms with Crippen LogP contribution < -0.4 is 0 Å². The van der Waals surface area contributed by atoms with Gasteiger partial charge >= 0.3 is 0 Å². The highest BCUT2D eigenvalue weighted by Gasteiger charge is 2.55. The van der Waals surface area contributed by atoms with E-state index in [0.29, 0.717) is 11.3 Å². The molecule has 0 aliphatic heterocycles. The third-order valence-electron chi connectivity index (χ3n) is 5.68. The molecule has 0 aromatic rings. The fourth-order valence-corrected chi connectivity index (χ4v) is 3.70. The molecule has 0 bridgehead atoms. The lowest BCUT2D eigenvalue weighted by atomic mass is 10.0. The number of allylic oxidation sites excluding steroid dienone is 4. The summed E-state index contributed by atoms with van der Waals surface area (Å²) in [4.78, 5) is 0. The Labute approximate surface area is 130 Å². The van der Waals surface area contributed by atoms with Gasteiger partial charge in [-0.2, -0.15) is 0 Å². The van der Waals surface area contributed by atoms with E-state index in [-0.39, 0.29) is 6.10 Å². The van der Waals surface area contributed by atoms with E-state index >= 15 is 0 Å². The second-order valence-electron chi connectivity index (χ2n) is 7.79. The van der Waals surface area contributed by atoms with E-state index in [9.17, 15) is 5.11 Å². The number of hydrogen-bond acceptors (Lipinski definition) is 1. The molecule has 1 N–H and O–H groups in total. The molecule has 1 heteroatoms. The molecule has 2 rings (SSSR count). The summed E-state index contributed by atoms with van der Waals surface area (Å²) in [6, 6.07) is 0. The average molecular weight is 288 g/mol. The Morgan fingerprint density at radius 2 is 1.71 bits per heavy atom. The maximum absolute atomic E-state index is 10.3. The smallest absolute Gasteiger partial charge is 0.0782 e. The van der Waals surface area contributed by atoms with Gasteiger partial charge in [-0.15, -0.1) is 0 Å². The van der Waals surface area contributed by atoms with Crippen molar-refractivity contribution in [3.63, 3.8) is 0 Å². The van der Waals surface area contributed by atoms with E-state index in [1.165, 1.54) is 18.4 Å². The normalized spacial score (nSPS) is 41.4. The molecule has 0 heterocycles. The van der Waals surface area contributed by atoms with Crippen LogP contribution in [0.1, 0.15) is 66.7 Å². The van der Waals surface area contributed by atoms with Crippen LogP contribution in [0.5, 0.6) is 0 Å². The highest BCUT2D eigenvalue weighted by molar-refractivity contribution is 5.21. The molecular formula is C20H32O. The van der Waals surface area contributed by atoms with Crippen molar-refractivity contribution in [3.8, 4) is 0 Å². The highest BCUT2D eigenvalue weighted by Crippen LogP contribution is 2.61. The van der Waals surface area contributed by atoms with Gasteiger partial charge in [-0.05, 0) is 75.7 Å². The van der Waals surface area contributed by atoms with Gasteiger partial charge in [0.25, 0.3) is 0 Å². The number of aliphatic hydroxyl groups excluding tert-OH is 1. The SMILES string of the molecule is C/C1=C\CC(O)/C(C)=C/C2C(CC/C(C)=C/CC1)C2(C)C. The quantitative estimate of drug-likeness (QED) is 0.590. The predicted octanol–water partition coefficient (Wildman–Crippen LogP) is 5.42. The Morgan fingerprint density at radius 1 is 1.05 bits per heavy atom. The fraction of sp³-hybridized carbons (Fsp3) is 0.700. The molecule has 3 atom stereocenters. The van der Waals surface area contributed by atoms with Crippen LogP contribution in [-0.4, -0.2) is 11.2 Å². The third-order valence-corrected chi connectivity index (χ3v) is 5.68. The molecule has 0 aromatic carbocycles. The van der Waals surface area contributed by atoms with Gasteiger partial charge in [0.15, 0.2) is 0 Å². The Hall–Kier alpha value is -0.820. The number of fused-ring (bicyclic) bond motifs is 1. The molecule has 2 aliphatic rings. The monoisotopic (exact) mass is 288 g/mol. The number of rotatable bonds is 0. The minimum absolute atomic E-state index is 0.308. The molecule has 1 fully saturated rings. The second kappa shape index (κ2) is 6.52. The summed E-state index contributed by atoms with van der Waals surface area (Å²) in [5.74, 6) is 1.43. The zero-order chi connectivity index (χ0) is 15.6. The first-order valence-corrected chi connectivity index (χ1v) is 8.50. The minimum atomic E-state index is -0.308. The van der Waals surface area contributed by atoms with E-state index in [1.807, 2.05) is 0 Å². The van der Waals surface area contributed by atoms with Crippen molar-refractivity contribution < 1.29 is 5.11 Å². The lowest BCUT2D eigenvalue weighted by molar-refractivity contribution is 0.213. The topological polar surface area (TPSA) is 20.2 Å². The van der Waals surface area contributed by atoms with Crippen LogP contribution in [0.4, 0.5) is 0 Å². The Kier molecular flexibility index (Phi) is 5.14. The van der Waals surface area contributed by atoms with Crippen molar-refractivity contribution in [1.82, 2.24) is 0 Å². The summed E-state index contributed by atoms with van der Waals surface area (Å²) in [7, 11) is 0. The average Bonchev–Trinajstić information content (AvgIpc) is 2.93. The van der Waals surface area contributed by atoms with Gasteiger partial charge in [0.05, 0.1) is 6.10 Å². The molecule has 0 radical (unpaired) electrons. The van der Waals surface area contributed by atoms with E-state index in [4.69, 9.17) is 0 Å². The predicted molar refractivity (Wildman–Crippen MR) is 91.1 cm³/mol. The van der Waals surface area contributed by atoms with Crippen LogP contribution in [0, 0.1) is 17.3 Å². The van der Waals surface area contributed by atoms with Gasteiger partial charge in [0.1, 0.15) is 0 Å². The maximum atomic E-state index is 10.3. The fourth-order valence-electron chi connectivity index (χ4n) is 3.70. The molecule has 2 aliphatic carbocycles. The van der Waals surface area contributed by atoms with Crippen molar-refractivity contribution in [1.29, 1.82) is 0 Å². The van der Waals surface area contributed by atoms with E-state index in [2.05, 4.69) is 52.8 Å². The molecule has 3 unspecified atom stereocenters. The molecule has 0 spiro atoms. The highest BCUT2D eigenvalue weighted by atomic mass is 16.3. The molecule has 1 nitrogen and oxygen atoms in total. The van der Waals surface area contributed by atoms with E-state index in [0.717, 1.165) is 30.8 Å². The molecule has 21 heavy (non-hydrogen) atoms. The molecule has 1 saturated carbocycles. The van der Waals surface area contributed by atoms with Gasteiger partial charge in [-0.1, -0.05) is 43.2 Å². The summed E-state index contributed by atoms with van der Waals surface area (Å²) >= 11 is 0. The lowest BCUT2D eigenvalue weighted by Gasteiger charge is -2.11. The molecule has 0 aromatic heterocycles. The lowest BCUT2D eigenvalue weighted by Crippen LogP contribution is -2.07. The Bertz CT molecular complexity index is 464. The summed E-state index contributed by atoms with van der Waals surface area (Å²) < 4.78 is 0. The summed E-state index contributed by atoms with van der Waals surface area (Å²) in [5.41, 5.74) is 4.51. The molecule has 0 saturated heterocycles. The third kappa shape index (κ3) is 4.10. The maximum Gasteiger partial charge on any atom is 0.0782 e. The van der Waals surface area contributed by atoms with Crippen LogP contribution in [0.2, 0.25) is 0 Å². The first kappa shape index (κ1) is 16.5. The van der Waals surface area contributed by atoms with Crippen molar-refractivity contribution in [3.05, 3.63) is 34.9 Å². The standard InChI is InChI=1S/C20H32O/c1-14-7-6-8-15(2)10-12-19(21)16(3)13-18-17(11-9-14)20(18,4)5/h7,10,13,17-19,21H,6,8-9,11-12H2,1-5H3/b14-7+,15-10+,16-13+. The Morgan fingerprint density at radius 3 is 2.43 bits per heavy atom. The summed E-state index contributed by atoms with van der Waals surface area (Å²) in [5, 5.41) is 10.3. The van der Waals surface area contributed by atoms with E-state index < -0.39 is 0 Å². The van der Waals surface area contributed by atoms with Crippen LogP contribution in [0.25, 0.3) is 0 Å². The Balaban J connectivity index is 2.16. The number of aliphatic hydroxyl groups is 1. The molecular weight excluding hydrogens is 256 g/mol. The van der Waals surface area contributed by atoms with E-state index in [1.54, 1.807) is 5.57 Å². The zero-order valence-electron chi connectivity index (χ0n) is 14.4. The van der Waals surface area contributed by atoms with Crippen LogP contribution in [0.3, 0.4) is 0 Å².